The Balaban J connectivity index is 2.21. The van der Waals surface area contributed by atoms with Crippen LogP contribution >= 0.6 is 12.6 Å². The monoisotopic (exact) mass is 188 g/mol. The highest BCUT2D eigenvalue weighted by atomic mass is 32.1. The number of aliphatic hydroxyl groups excluding tert-OH is 1. The molecule has 1 saturated carbocycles. The fraction of sp³-hybridized carbons (Fsp3) is 0.889. The number of thiol groups is 1. The standard InChI is InChI=1S/C9H18NOS/c1-2-5-10-7-3-4-9(12)8(11)6-7/h7-12H,1-6H2/t7-,8-,9-/m1/s1. The summed E-state index contributed by atoms with van der Waals surface area (Å²) in [4.78, 5) is 0. The van der Waals surface area contributed by atoms with Gasteiger partial charge in [-0.3, -0.25) is 0 Å². The predicted molar refractivity (Wildman–Crippen MR) is 54.4 cm³/mol. The minimum absolute atomic E-state index is 0.183. The van der Waals surface area contributed by atoms with Crippen molar-refractivity contribution in [2.75, 3.05) is 6.54 Å². The Hall–Kier alpha value is 0.270. The molecule has 0 unspecified atom stereocenters. The fourth-order valence-electron chi connectivity index (χ4n) is 1.62. The van der Waals surface area contributed by atoms with Crippen LogP contribution in [0.25, 0.3) is 0 Å². The van der Waals surface area contributed by atoms with Crippen molar-refractivity contribution in [3.05, 3.63) is 6.92 Å². The van der Waals surface area contributed by atoms with Gasteiger partial charge in [0.1, 0.15) is 0 Å². The van der Waals surface area contributed by atoms with E-state index in [1.807, 2.05) is 0 Å². The van der Waals surface area contributed by atoms with E-state index in [1.54, 1.807) is 0 Å². The molecule has 1 fully saturated rings. The number of aliphatic hydroxyl groups is 1. The van der Waals surface area contributed by atoms with E-state index in [9.17, 15) is 5.11 Å². The fourth-order valence-corrected chi connectivity index (χ4v) is 1.89. The van der Waals surface area contributed by atoms with Crippen molar-refractivity contribution in [1.82, 2.24) is 5.32 Å². The third-order valence-corrected chi connectivity index (χ3v) is 2.99. The Bertz CT molecular complexity index is 130. The highest BCUT2D eigenvalue weighted by Crippen LogP contribution is 2.22. The molecule has 1 radical (unpaired) electrons. The van der Waals surface area contributed by atoms with E-state index in [-0.39, 0.29) is 11.4 Å². The van der Waals surface area contributed by atoms with E-state index in [0.29, 0.717) is 6.04 Å². The van der Waals surface area contributed by atoms with Crippen LogP contribution in [0, 0.1) is 6.92 Å². The predicted octanol–water partition coefficient (Wildman–Crippen LogP) is 1.01. The lowest BCUT2D eigenvalue weighted by molar-refractivity contribution is 0.119. The summed E-state index contributed by atoms with van der Waals surface area (Å²) in [6.45, 7) is 4.72. The van der Waals surface area contributed by atoms with E-state index in [1.165, 1.54) is 0 Å². The van der Waals surface area contributed by atoms with Gasteiger partial charge in [0.05, 0.1) is 6.10 Å². The smallest absolute Gasteiger partial charge is 0.0671 e. The molecule has 0 spiro atoms. The first-order valence-corrected chi connectivity index (χ1v) is 5.14. The molecule has 0 heterocycles. The lowest BCUT2D eigenvalue weighted by atomic mass is 9.92. The number of nitrogens with one attached hydrogen (secondary N) is 1. The summed E-state index contributed by atoms with van der Waals surface area (Å²) >= 11 is 4.30. The van der Waals surface area contributed by atoms with Crippen LogP contribution in [-0.4, -0.2) is 29.0 Å². The lowest BCUT2D eigenvalue weighted by Crippen LogP contribution is -2.41. The molecule has 1 aliphatic rings. The summed E-state index contributed by atoms with van der Waals surface area (Å²) in [5.74, 6) is 0. The van der Waals surface area contributed by atoms with Gasteiger partial charge in [-0.25, -0.2) is 0 Å². The Morgan fingerprint density at radius 1 is 1.50 bits per heavy atom. The normalized spacial score (nSPS) is 36.8. The van der Waals surface area contributed by atoms with E-state index < -0.39 is 0 Å². The van der Waals surface area contributed by atoms with Crippen LogP contribution in [0.4, 0.5) is 0 Å². The quantitative estimate of drug-likeness (QED) is 0.578. The summed E-state index contributed by atoms with van der Waals surface area (Å²) < 4.78 is 0. The van der Waals surface area contributed by atoms with Crippen molar-refractivity contribution in [2.45, 2.75) is 43.1 Å². The van der Waals surface area contributed by atoms with E-state index in [0.717, 1.165) is 32.2 Å². The molecule has 2 N–H and O–H groups in total. The molecular formula is C9H18NOS. The van der Waals surface area contributed by atoms with Crippen molar-refractivity contribution in [1.29, 1.82) is 0 Å². The Morgan fingerprint density at radius 3 is 2.83 bits per heavy atom. The molecule has 0 aromatic heterocycles. The van der Waals surface area contributed by atoms with Gasteiger partial charge < -0.3 is 10.4 Å². The average molecular weight is 188 g/mol. The second-order valence-corrected chi connectivity index (χ2v) is 4.12. The second-order valence-electron chi connectivity index (χ2n) is 3.45. The van der Waals surface area contributed by atoms with Crippen LogP contribution in [0.3, 0.4) is 0 Å². The molecule has 1 aliphatic carbocycles. The zero-order chi connectivity index (χ0) is 8.97. The maximum absolute atomic E-state index is 9.52. The van der Waals surface area contributed by atoms with Gasteiger partial charge in [0.2, 0.25) is 0 Å². The Morgan fingerprint density at radius 2 is 2.25 bits per heavy atom. The maximum Gasteiger partial charge on any atom is 0.0671 e. The molecule has 0 bridgehead atoms. The van der Waals surface area contributed by atoms with Gasteiger partial charge in [-0.15, -0.1) is 0 Å². The first kappa shape index (κ1) is 10.4. The minimum Gasteiger partial charge on any atom is -0.392 e. The molecular weight excluding hydrogens is 170 g/mol. The van der Waals surface area contributed by atoms with Crippen LogP contribution in [0.2, 0.25) is 0 Å². The molecule has 0 saturated heterocycles. The molecule has 1 rings (SSSR count). The molecule has 3 heteroatoms. The van der Waals surface area contributed by atoms with Gasteiger partial charge >= 0.3 is 0 Å². The lowest BCUT2D eigenvalue weighted by Gasteiger charge is -2.30. The van der Waals surface area contributed by atoms with Crippen molar-refractivity contribution in [3.8, 4) is 0 Å². The SMILES string of the molecule is [CH2]CCN[C@@H]1CC[C@@H](S)[C@H](O)C1. The minimum atomic E-state index is -0.232. The highest BCUT2D eigenvalue weighted by molar-refractivity contribution is 7.81. The van der Waals surface area contributed by atoms with E-state index >= 15 is 0 Å². The summed E-state index contributed by atoms with van der Waals surface area (Å²) in [6, 6.07) is 0.477. The van der Waals surface area contributed by atoms with Gasteiger partial charge in [0, 0.05) is 11.3 Å². The van der Waals surface area contributed by atoms with Gasteiger partial charge in [-0.1, -0.05) is 6.92 Å². The molecule has 12 heavy (non-hydrogen) atoms. The van der Waals surface area contributed by atoms with Crippen LogP contribution in [0.15, 0.2) is 0 Å². The molecule has 2 nitrogen and oxygen atoms in total. The largest absolute Gasteiger partial charge is 0.392 e. The Labute approximate surface area is 80.2 Å². The molecule has 0 aromatic carbocycles. The summed E-state index contributed by atoms with van der Waals surface area (Å²) in [6.07, 6.45) is 3.67. The average Bonchev–Trinajstić information content (AvgIpc) is 2.07. The van der Waals surface area contributed by atoms with Crippen molar-refractivity contribution in [3.63, 3.8) is 0 Å². The van der Waals surface area contributed by atoms with E-state index in [4.69, 9.17) is 0 Å². The summed E-state index contributed by atoms with van der Waals surface area (Å²) in [7, 11) is 0. The summed E-state index contributed by atoms with van der Waals surface area (Å²) in [5, 5.41) is 13.1. The zero-order valence-corrected chi connectivity index (χ0v) is 8.26. The first-order chi connectivity index (χ1) is 5.74. The summed E-state index contributed by atoms with van der Waals surface area (Å²) in [5.41, 5.74) is 0. The van der Waals surface area contributed by atoms with Gasteiger partial charge in [-0.2, -0.15) is 12.6 Å². The van der Waals surface area contributed by atoms with E-state index in [2.05, 4.69) is 24.9 Å². The Kier molecular flexibility index (Phi) is 4.40. The zero-order valence-electron chi connectivity index (χ0n) is 7.37. The number of rotatable bonds is 3. The van der Waals surface area contributed by atoms with Crippen molar-refractivity contribution in [2.24, 2.45) is 0 Å². The van der Waals surface area contributed by atoms with Gasteiger partial charge in [0.15, 0.2) is 0 Å². The highest BCUT2D eigenvalue weighted by Gasteiger charge is 2.25. The first-order valence-electron chi connectivity index (χ1n) is 4.62. The van der Waals surface area contributed by atoms with Crippen molar-refractivity contribution < 1.29 is 5.11 Å². The van der Waals surface area contributed by atoms with Crippen LogP contribution < -0.4 is 5.32 Å². The van der Waals surface area contributed by atoms with Gasteiger partial charge in [0.25, 0.3) is 0 Å². The van der Waals surface area contributed by atoms with Crippen LogP contribution in [0.5, 0.6) is 0 Å². The van der Waals surface area contributed by atoms with Crippen LogP contribution in [-0.2, 0) is 0 Å². The molecule has 3 atom stereocenters. The van der Waals surface area contributed by atoms with Crippen molar-refractivity contribution >= 4 is 12.6 Å². The maximum atomic E-state index is 9.52. The topological polar surface area (TPSA) is 32.3 Å². The molecule has 0 amide bonds. The third kappa shape index (κ3) is 2.96. The number of hydrogen-bond acceptors (Lipinski definition) is 3. The van der Waals surface area contributed by atoms with Crippen LogP contribution in [0.1, 0.15) is 25.7 Å². The third-order valence-electron chi connectivity index (χ3n) is 2.39. The molecule has 0 aromatic rings. The van der Waals surface area contributed by atoms with Gasteiger partial charge in [-0.05, 0) is 32.2 Å². The number of hydrogen-bond donors (Lipinski definition) is 3. The second kappa shape index (κ2) is 5.10. The molecule has 0 aliphatic heterocycles. The molecule has 71 valence electrons.